The molecule has 1 fully saturated rings. The predicted octanol–water partition coefficient (Wildman–Crippen LogP) is 2.86. The van der Waals surface area contributed by atoms with Gasteiger partial charge in [-0.05, 0) is 31.1 Å². The van der Waals surface area contributed by atoms with Gasteiger partial charge in [0.05, 0.1) is 12.5 Å². The molecule has 0 aromatic carbocycles. The number of piperidine rings is 1. The number of ether oxygens (including phenoxy) is 1. The van der Waals surface area contributed by atoms with Crippen LogP contribution in [0, 0.1) is 17.3 Å². The molecule has 0 bridgehead atoms. The van der Waals surface area contributed by atoms with E-state index in [1.54, 1.807) is 0 Å². The van der Waals surface area contributed by atoms with E-state index in [0.29, 0.717) is 25.5 Å². The van der Waals surface area contributed by atoms with E-state index in [9.17, 15) is 9.59 Å². The molecule has 1 aliphatic rings. The highest BCUT2D eigenvalue weighted by atomic mass is 16.5. The van der Waals surface area contributed by atoms with Gasteiger partial charge in [0.15, 0.2) is 0 Å². The standard InChI is InChI=1S/C16H29NO3/c1-6-20-15(19)13-8-7-9-17(11-13)14(18)10-12(2)16(3,4)5/h12-13H,6-11H2,1-5H3. The highest BCUT2D eigenvalue weighted by Crippen LogP contribution is 2.29. The molecule has 1 aliphatic heterocycles. The Hall–Kier alpha value is -1.06. The van der Waals surface area contributed by atoms with Crippen molar-refractivity contribution in [3.63, 3.8) is 0 Å². The molecule has 1 rings (SSSR count). The van der Waals surface area contributed by atoms with Gasteiger partial charge in [0.25, 0.3) is 0 Å². The maximum atomic E-state index is 12.4. The van der Waals surface area contributed by atoms with Crippen LogP contribution in [0.15, 0.2) is 0 Å². The van der Waals surface area contributed by atoms with Gasteiger partial charge in [-0.15, -0.1) is 0 Å². The molecule has 0 N–H and O–H groups in total. The summed E-state index contributed by atoms with van der Waals surface area (Å²) in [6, 6.07) is 0. The summed E-state index contributed by atoms with van der Waals surface area (Å²) in [7, 11) is 0. The molecule has 2 unspecified atom stereocenters. The number of hydrogen-bond acceptors (Lipinski definition) is 3. The lowest BCUT2D eigenvalue weighted by Crippen LogP contribution is -2.43. The maximum absolute atomic E-state index is 12.4. The van der Waals surface area contributed by atoms with E-state index in [1.165, 1.54) is 0 Å². The molecular weight excluding hydrogens is 254 g/mol. The van der Waals surface area contributed by atoms with Crippen LogP contribution in [-0.2, 0) is 14.3 Å². The van der Waals surface area contributed by atoms with E-state index in [1.807, 2.05) is 11.8 Å². The van der Waals surface area contributed by atoms with Gasteiger partial charge in [0.2, 0.25) is 5.91 Å². The summed E-state index contributed by atoms with van der Waals surface area (Å²) >= 11 is 0. The average Bonchev–Trinajstić information content (AvgIpc) is 2.38. The summed E-state index contributed by atoms with van der Waals surface area (Å²) in [5.41, 5.74) is 0.131. The molecule has 1 amide bonds. The smallest absolute Gasteiger partial charge is 0.310 e. The van der Waals surface area contributed by atoms with Gasteiger partial charge in [0, 0.05) is 19.5 Å². The molecule has 116 valence electrons. The third-order valence-corrected chi connectivity index (χ3v) is 4.35. The van der Waals surface area contributed by atoms with Crippen LogP contribution in [0.4, 0.5) is 0 Å². The Kier molecular flexibility index (Phi) is 6.03. The van der Waals surface area contributed by atoms with Gasteiger partial charge in [-0.1, -0.05) is 27.7 Å². The number of nitrogens with zero attached hydrogens (tertiary/aromatic N) is 1. The number of rotatable bonds is 4. The molecule has 4 heteroatoms. The summed E-state index contributed by atoms with van der Waals surface area (Å²) in [5.74, 6) is 0.200. The van der Waals surface area contributed by atoms with Crippen LogP contribution >= 0.6 is 0 Å². The Labute approximate surface area is 122 Å². The van der Waals surface area contributed by atoms with Crippen LogP contribution in [0.25, 0.3) is 0 Å². The molecule has 1 saturated heterocycles. The van der Waals surface area contributed by atoms with Gasteiger partial charge in [-0.25, -0.2) is 0 Å². The van der Waals surface area contributed by atoms with Crippen molar-refractivity contribution in [2.75, 3.05) is 19.7 Å². The van der Waals surface area contributed by atoms with Crippen LogP contribution in [0.3, 0.4) is 0 Å². The number of carbonyl (C=O) groups is 2. The van der Waals surface area contributed by atoms with E-state index in [4.69, 9.17) is 4.74 Å². The fourth-order valence-electron chi connectivity index (χ4n) is 2.35. The zero-order chi connectivity index (χ0) is 15.3. The first-order chi connectivity index (χ1) is 9.25. The summed E-state index contributed by atoms with van der Waals surface area (Å²) in [6.45, 7) is 12.1. The third kappa shape index (κ3) is 4.80. The van der Waals surface area contributed by atoms with Crippen molar-refractivity contribution in [3.8, 4) is 0 Å². The van der Waals surface area contributed by atoms with Crippen LogP contribution < -0.4 is 0 Å². The Balaban J connectivity index is 2.54. The van der Waals surface area contributed by atoms with E-state index in [0.717, 1.165) is 19.4 Å². The topological polar surface area (TPSA) is 46.6 Å². The van der Waals surface area contributed by atoms with Crippen LogP contribution in [0.1, 0.15) is 53.9 Å². The fourth-order valence-corrected chi connectivity index (χ4v) is 2.35. The Morgan fingerprint density at radius 1 is 1.35 bits per heavy atom. The van der Waals surface area contributed by atoms with Crippen molar-refractivity contribution in [1.29, 1.82) is 0 Å². The highest BCUT2D eigenvalue weighted by Gasteiger charge is 2.31. The van der Waals surface area contributed by atoms with Crippen LogP contribution in [0.5, 0.6) is 0 Å². The molecule has 0 radical (unpaired) electrons. The predicted molar refractivity (Wildman–Crippen MR) is 79.2 cm³/mol. The van der Waals surface area contributed by atoms with E-state index in [2.05, 4.69) is 27.7 Å². The first kappa shape index (κ1) is 17.0. The quantitative estimate of drug-likeness (QED) is 0.745. The van der Waals surface area contributed by atoms with Crippen molar-refractivity contribution in [2.24, 2.45) is 17.3 Å². The second-order valence-electron chi connectivity index (χ2n) is 6.90. The van der Waals surface area contributed by atoms with E-state index >= 15 is 0 Å². The van der Waals surface area contributed by atoms with Gasteiger partial charge in [0.1, 0.15) is 0 Å². The lowest BCUT2D eigenvalue weighted by atomic mass is 9.80. The molecule has 0 spiro atoms. The first-order valence-corrected chi connectivity index (χ1v) is 7.70. The van der Waals surface area contributed by atoms with E-state index in [-0.39, 0.29) is 23.2 Å². The SMILES string of the molecule is CCOC(=O)C1CCCN(C(=O)CC(C)C(C)(C)C)C1. The van der Waals surface area contributed by atoms with Crippen LogP contribution in [0.2, 0.25) is 0 Å². The highest BCUT2D eigenvalue weighted by molar-refractivity contribution is 5.78. The molecule has 0 aliphatic carbocycles. The van der Waals surface area contributed by atoms with Gasteiger partial charge >= 0.3 is 5.97 Å². The average molecular weight is 283 g/mol. The fraction of sp³-hybridized carbons (Fsp3) is 0.875. The summed E-state index contributed by atoms with van der Waals surface area (Å²) in [5, 5.41) is 0. The van der Waals surface area contributed by atoms with Crippen molar-refractivity contribution in [1.82, 2.24) is 4.90 Å². The van der Waals surface area contributed by atoms with Crippen molar-refractivity contribution in [3.05, 3.63) is 0 Å². The molecule has 1 heterocycles. The van der Waals surface area contributed by atoms with E-state index < -0.39 is 0 Å². The molecule has 0 saturated carbocycles. The van der Waals surface area contributed by atoms with Crippen molar-refractivity contribution < 1.29 is 14.3 Å². The normalized spacial score (nSPS) is 21.4. The zero-order valence-electron chi connectivity index (χ0n) is 13.6. The minimum atomic E-state index is -0.158. The number of amides is 1. The number of likely N-dealkylation sites (tertiary alicyclic amines) is 1. The molecule has 2 atom stereocenters. The minimum Gasteiger partial charge on any atom is -0.466 e. The number of hydrogen-bond donors (Lipinski definition) is 0. The lowest BCUT2D eigenvalue weighted by Gasteiger charge is -2.34. The molecule has 0 aromatic rings. The van der Waals surface area contributed by atoms with Gasteiger partial charge in [-0.2, -0.15) is 0 Å². The third-order valence-electron chi connectivity index (χ3n) is 4.35. The monoisotopic (exact) mass is 283 g/mol. The van der Waals surface area contributed by atoms with Crippen LogP contribution in [-0.4, -0.2) is 36.5 Å². The molecule has 0 aromatic heterocycles. The minimum absolute atomic E-state index is 0.131. The lowest BCUT2D eigenvalue weighted by molar-refractivity contribution is -0.151. The van der Waals surface area contributed by atoms with Gasteiger partial charge < -0.3 is 9.64 Å². The summed E-state index contributed by atoms with van der Waals surface area (Å²) in [6.07, 6.45) is 2.27. The Morgan fingerprint density at radius 2 is 2.00 bits per heavy atom. The first-order valence-electron chi connectivity index (χ1n) is 7.70. The molecule has 4 nitrogen and oxygen atoms in total. The van der Waals surface area contributed by atoms with Crippen molar-refractivity contribution in [2.45, 2.75) is 53.9 Å². The second-order valence-corrected chi connectivity index (χ2v) is 6.90. The van der Waals surface area contributed by atoms with Crippen molar-refractivity contribution >= 4 is 11.9 Å². The number of carbonyl (C=O) groups excluding carboxylic acids is 2. The molecule has 20 heavy (non-hydrogen) atoms. The largest absolute Gasteiger partial charge is 0.466 e. The zero-order valence-corrected chi connectivity index (χ0v) is 13.6. The second kappa shape index (κ2) is 7.09. The Bertz CT molecular complexity index is 346. The number of esters is 1. The maximum Gasteiger partial charge on any atom is 0.310 e. The summed E-state index contributed by atoms with van der Waals surface area (Å²) < 4.78 is 5.07. The Morgan fingerprint density at radius 3 is 2.55 bits per heavy atom. The molecular formula is C16H29NO3. The van der Waals surface area contributed by atoms with Gasteiger partial charge in [-0.3, -0.25) is 9.59 Å². The summed E-state index contributed by atoms with van der Waals surface area (Å²) in [4.78, 5) is 26.0.